The molecule has 0 amide bonds. The fourth-order valence-electron chi connectivity index (χ4n) is 6.63. The first-order valence-corrected chi connectivity index (χ1v) is 17.0. The fraction of sp³-hybridized carbons (Fsp3) is 0.119. The van der Waals surface area contributed by atoms with Gasteiger partial charge in [0.1, 0.15) is 22.8 Å². The van der Waals surface area contributed by atoms with Crippen molar-refractivity contribution in [3.05, 3.63) is 161 Å². The number of nitrogens with zero attached hydrogens (tertiary/aromatic N) is 2. The summed E-state index contributed by atoms with van der Waals surface area (Å²) in [6, 6.07) is 43.1. The summed E-state index contributed by atoms with van der Waals surface area (Å²) in [6.45, 7) is 3.17. The largest absolute Gasteiger partial charge is 0.456 e. The minimum absolute atomic E-state index is 0.923. The number of rotatable bonds is 7. The Morgan fingerprint density at radius 1 is 0.739 bits per heavy atom. The van der Waals surface area contributed by atoms with E-state index in [1.165, 1.54) is 26.9 Å². The molecule has 0 N–H and O–H groups in total. The van der Waals surface area contributed by atoms with Gasteiger partial charge in [-0.15, -0.1) is 0 Å². The normalized spacial score (nSPS) is 14.2. The van der Waals surface area contributed by atoms with Crippen LogP contribution in [-0.2, 0) is 6.54 Å². The zero-order valence-corrected chi connectivity index (χ0v) is 26.7. The molecule has 2 aliphatic rings. The maximum atomic E-state index is 6.74. The highest BCUT2D eigenvalue weighted by Crippen LogP contribution is 2.42. The highest BCUT2D eigenvalue weighted by atomic mass is 32.1. The maximum absolute atomic E-state index is 6.74. The van der Waals surface area contributed by atoms with Crippen LogP contribution >= 0.6 is 11.3 Å². The van der Waals surface area contributed by atoms with Crippen molar-refractivity contribution in [1.82, 2.24) is 0 Å². The van der Waals surface area contributed by atoms with Crippen LogP contribution in [0.25, 0.3) is 33.5 Å². The van der Waals surface area contributed by atoms with E-state index in [0.717, 1.165) is 71.1 Å². The lowest BCUT2D eigenvalue weighted by Gasteiger charge is -2.27. The number of benzene rings is 5. The number of anilines is 3. The minimum atomic E-state index is 0.923. The summed E-state index contributed by atoms with van der Waals surface area (Å²) in [5.74, 6) is 1.96. The molecule has 1 aliphatic carbocycles. The Bertz CT molecular complexity index is 2080. The van der Waals surface area contributed by atoms with Crippen LogP contribution in [0.15, 0.2) is 150 Å². The number of ether oxygens (including phenoxy) is 1. The molecule has 0 unspecified atom stereocenters. The van der Waals surface area contributed by atoms with Crippen LogP contribution < -0.4 is 14.2 Å². The van der Waals surface area contributed by atoms with Crippen LogP contribution in [0.3, 0.4) is 0 Å². The Morgan fingerprint density at radius 3 is 2.20 bits per heavy atom. The lowest BCUT2D eigenvalue weighted by Crippen LogP contribution is -2.30. The topological polar surface area (TPSA) is 16.4 Å². The number of aryl methyl sites for hydroxylation is 1. The van der Waals surface area contributed by atoms with E-state index < -0.39 is 0 Å². The van der Waals surface area contributed by atoms with Crippen LogP contribution in [0.5, 0.6) is 5.75 Å². The number of aromatic nitrogens is 1. The molecule has 6 aromatic rings. The van der Waals surface area contributed by atoms with E-state index in [1.54, 1.807) is 11.3 Å². The van der Waals surface area contributed by atoms with Crippen molar-refractivity contribution >= 4 is 50.8 Å². The van der Waals surface area contributed by atoms with E-state index in [2.05, 4.69) is 161 Å². The van der Waals surface area contributed by atoms with Gasteiger partial charge in [-0.1, -0.05) is 84.1 Å². The number of hydrogen-bond donors (Lipinski definition) is 0. The van der Waals surface area contributed by atoms with Crippen molar-refractivity contribution in [3.8, 4) is 16.9 Å². The Hall–Kier alpha value is -5.19. The van der Waals surface area contributed by atoms with Crippen molar-refractivity contribution in [2.45, 2.75) is 32.7 Å². The van der Waals surface area contributed by atoms with Gasteiger partial charge in [-0.3, -0.25) is 0 Å². The van der Waals surface area contributed by atoms with Gasteiger partial charge >= 0.3 is 0 Å². The van der Waals surface area contributed by atoms with Crippen molar-refractivity contribution in [3.63, 3.8) is 0 Å². The molecule has 0 fully saturated rings. The van der Waals surface area contributed by atoms with Crippen molar-refractivity contribution in [2.75, 3.05) is 4.90 Å². The molecule has 1 aliphatic heterocycles. The zero-order chi connectivity index (χ0) is 30.9. The summed E-state index contributed by atoms with van der Waals surface area (Å²) in [4.78, 5) is 2.29. The third kappa shape index (κ3) is 5.35. The summed E-state index contributed by atoms with van der Waals surface area (Å²) in [5, 5.41) is 0. The van der Waals surface area contributed by atoms with Gasteiger partial charge in [-0.2, -0.15) is 4.57 Å². The van der Waals surface area contributed by atoms with Crippen molar-refractivity contribution < 1.29 is 9.30 Å². The quantitative estimate of drug-likeness (QED) is 0.166. The smallest absolute Gasteiger partial charge is 0.230 e. The predicted molar refractivity (Wildman–Crippen MR) is 193 cm³/mol. The molecule has 0 atom stereocenters. The number of allylic oxidation sites excluding steroid dienone is 3. The zero-order valence-electron chi connectivity index (χ0n) is 25.9. The van der Waals surface area contributed by atoms with Gasteiger partial charge in [-0.25, -0.2) is 0 Å². The second kappa shape index (κ2) is 12.3. The third-order valence-corrected chi connectivity index (χ3v) is 9.89. The van der Waals surface area contributed by atoms with E-state index in [4.69, 9.17) is 4.74 Å². The van der Waals surface area contributed by atoms with E-state index in [-0.39, 0.29) is 0 Å². The molecule has 46 heavy (non-hydrogen) atoms. The molecule has 0 saturated carbocycles. The molecule has 2 heterocycles. The molecular weight excluding hydrogens is 581 g/mol. The van der Waals surface area contributed by atoms with Gasteiger partial charge < -0.3 is 9.64 Å². The van der Waals surface area contributed by atoms with Crippen LogP contribution in [0.2, 0.25) is 0 Å². The molecule has 3 nitrogen and oxygen atoms in total. The lowest BCUT2D eigenvalue weighted by molar-refractivity contribution is -0.663. The molecule has 0 bridgehead atoms. The van der Waals surface area contributed by atoms with Crippen LogP contribution in [-0.4, -0.2) is 0 Å². The molecule has 0 saturated heterocycles. The first kappa shape index (κ1) is 28.3. The van der Waals surface area contributed by atoms with Crippen molar-refractivity contribution in [2.24, 2.45) is 0 Å². The molecule has 8 rings (SSSR count). The highest BCUT2D eigenvalue weighted by molar-refractivity contribution is 7.16. The van der Waals surface area contributed by atoms with E-state index in [0.29, 0.717) is 0 Å². The molecule has 0 radical (unpaired) electrons. The van der Waals surface area contributed by atoms with Gasteiger partial charge in [0.05, 0.1) is 0 Å². The predicted octanol–water partition coefficient (Wildman–Crippen LogP) is 11.3. The van der Waals surface area contributed by atoms with E-state index in [9.17, 15) is 0 Å². The number of para-hydroxylation sites is 3. The monoisotopic (exact) mass is 615 g/mol. The Morgan fingerprint density at radius 2 is 1.46 bits per heavy atom. The summed E-state index contributed by atoms with van der Waals surface area (Å²) in [6.07, 6.45) is 10.1. The minimum Gasteiger partial charge on any atom is -0.456 e. The van der Waals surface area contributed by atoms with Crippen LogP contribution in [0, 0.1) is 0 Å². The van der Waals surface area contributed by atoms with Crippen molar-refractivity contribution in [1.29, 1.82) is 0 Å². The first-order valence-electron chi connectivity index (χ1n) is 16.1. The standard InChI is InChI=1S/C42H35N2OS/c1-2-43-29-46-40-18-10-11-31(41(40)43)19-20-32-12-9-13-35-27-34-22-21-33(28-39(34)45-42(32)35)30-23-25-38(26-24-30)44(36-14-5-3-6-15-36)37-16-7-4-8-17-37/h3-8,10-11,14-29H,2,9,12-13H2,1H3/q+1/b20-19+. The van der Waals surface area contributed by atoms with E-state index >= 15 is 0 Å². The van der Waals surface area contributed by atoms with Gasteiger partial charge in [0, 0.05) is 28.2 Å². The summed E-state index contributed by atoms with van der Waals surface area (Å²) in [5.41, 5.74) is 14.2. The lowest BCUT2D eigenvalue weighted by atomic mass is 9.89. The maximum Gasteiger partial charge on any atom is 0.230 e. The van der Waals surface area contributed by atoms with Gasteiger partial charge in [0.2, 0.25) is 11.0 Å². The number of hydrogen-bond acceptors (Lipinski definition) is 3. The molecule has 1 aromatic heterocycles. The SMILES string of the molecule is CC[n+]1csc2cccc(/C=C/C3=C4Oc5cc(-c6ccc(N(c7ccccc7)c7ccccc7)cc6)ccc5C=C4CCC3)c21. The highest BCUT2D eigenvalue weighted by Gasteiger charge is 2.24. The summed E-state index contributed by atoms with van der Waals surface area (Å²) < 4.78 is 10.4. The summed E-state index contributed by atoms with van der Waals surface area (Å²) in [7, 11) is 0. The summed E-state index contributed by atoms with van der Waals surface area (Å²) >= 11 is 1.80. The molecular formula is C42H35N2OS+. The van der Waals surface area contributed by atoms with Crippen LogP contribution in [0.4, 0.5) is 17.1 Å². The Balaban J connectivity index is 1.10. The molecule has 0 spiro atoms. The second-order valence-corrected chi connectivity index (χ2v) is 12.7. The molecule has 224 valence electrons. The number of fused-ring (bicyclic) bond motifs is 3. The fourth-order valence-corrected chi connectivity index (χ4v) is 7.63. The Labute approximate surface area is 274 Å². The van der Waals surface area contributed by atoms with Gasteiger partial charge in [-0.05, 0) is 115 Å². The number of thiazole rings is 1. The van der Waals surface area contributed by atoms with Crippen LogP contribution in [0.1, 0.15) is 37.3 Å². The first-order chi connectivity index (χ1) is 22.7. The molecule has 5 aromatic carbocycles. The Kier molecular flexibility index (Phi) is 7.57. The van der Waals surface area contributed by atoms with Gasteiger partial charge in [0.25, 0.3) is 0 Å². The second-order valence-electron chi connectivity index (χ2n) is 11.8. The average Bonchev–Trinajstić information content (AvgIpc) is 3.55. The average molecular weight is 616 g/mol. The van der Waals surface area contributed by atoms with E-state index in [1.807, 2.05) is 0 Å². The third-order valence-electron chi connectivity index (χ3n) is 8.95. The molecule has 4 heteroatoms. The van der Waals surface area contributed by atoms with Gasteiger partial charge in [0.15, 0.2) is 0 Å².